The van der Waals surface area contributed by atoms with Crippen molar-refractivity contribution in [2.24, 2.45) is 0 Å². The van der Waals surface area contributed by atoms with Crippen LogP contribution in [0.5, 0.6) is 11.5 Å². The number of nitrogens with one attached hydrogen (secondary N) is 1. The van der Waals surface area contributed by atoms with Crippen LogP contribution in [0, 0.1) is 0 Å². The molecule has 0 bridgehead atoms. The molecule has 0 aromatic heterocycles. The predicted molar refractivity (Wildman–Crippen MR) is 79.8 cm³/mol. The van der Waals surface area contributed by atoms with E-state index in [2.05, 4.69) is 27.9 Å². The first kappa shape index (κ1) is 15.1. The van der Waals surface area contributed by atoms with E-state index < -0.39 is 0 Å². The molecule has 0 unspecified atom stereocenters. The number of hydrogen-bond donors (Lipinski definition) is 1. The minimum absolute atomic E-state index is 0.0343. The number of rotatable bonds is 7. The van der Waals surface area contributed by atoms with E-state index in [1.54, 1.807) is 14.2 Å². The van der Waals surface area contributed by atoms with E-state index >= 15 is 0 Å². The van der Waals surface area contributed by atoms with Gasteiger partial charge in [-0.3, -0.25) is 4.79 Å². The van der Waals surface area contributed by atoms with Crippen molar-refractivity contribution in [1.29, 1.82) is 0 Å². The number of methoxy groups -OCH3 is 2. The molecule has 5 heteroatoms. The lowest BCUT2D eigenvalue weighted by Crippen LogP contribution is -2.26. The summed E-state index contributed by atoms with van der Waals surface area (Å²) in [5.74, 6) is 1.36. The van der Waals surface area contributed by atoms with Gasteiger partial charge in [0.15, 0.2) is 11.5 Å². The molecule has 0 saturated carbocycles. The van der Waals surface area contributed by atoms with Crippen molar-refractivity contribution in [3.8, 4) is 11.5 Å². The fourth-order valence-electron chi connectivity index (χ4n) is 1.53. The van der Waals surface area contributed by atoms with Gasteiger partial charge in [-0.2, -0.15) is 0 Å². The highest BCUT2D eigenvalue weighted by molar-refractivity contribution is 14.1. The highest BCUT2D eigenvalue weighted by Gasteiger charge is 2.07. The van der Waals surface area contributed by atoms with Crippen molar-refractivity contribution >= 4 is 28.5 Å². The third-order valence-electron chi connectivity index (χ3n) is 2.45. The van der Waals surface area contributed by atoms with Crippen molar-refractivity contribution in [2.45, 2.75) is 12.8 Å². The Labute approximate surface area is 121 Å². The molecule has 100 valence electrons. The molecular weight excluding hydrogens is 345 g/mol. The van der Waals surface area contributed by atoms with Crippen LogP contribution in [-0.2, 0) is 11.2 Å². The fourth-order valence-corrected chi connectivity index (χ4v) is 1.91. The summed E-state index contributed by atoms with van der Waals surface area (Å²) in [5, 5.41) is 2.88. The first-order chi connectivity index (χ1) is 8.71. The number of ether oxygens (including phenoxy) is 2. The second kappa shape index (κ2) is 8.18. The second-order valence-corrected chi connectivity index (χ2v) is 4.84. The number of carbonyl (C=O) groups is 1. The van der Waals surface area contributed by atoms with Crippen molar-refractivity contribution in [2.75, 3.05) is 25.2 Å². The summed E-state index contributed by atoms with van der Waals surface area (Å²) >= 11 is 2.29. The second-order valence-electron chi connectivity index (χ2n) is 3.76. The Morgan fingerprint density at radius 1 is 1.28 bits per heavy atom. The Hall–Kier alpha value is -0.980. The van der Waals surface area contributed by atoms with Crippen LogP contribution in [0.15, 0.2) is 18.2 Å². The van der Waals surface area contributed by atoms with Crippen LogP contribution in [0.3, 0.4) is 0 Å². The van der Waals surface area contributed by atoms with E-state index in [1.165, 1.54) is 0 Å². The van der Waals surface area contributed by atoms with Crippen LogP contribution >= 0.6 is 22.6 Å². The lowest BCUT2D eigenvalue weighted by Gasteiger charge is -2.09. The molecule has 1 aromatic rings. The van der Waals surface area contributed by atoms with Gasteiger partial charge in [0, 0.05) is 11.0 Å². The maximum atomic E-state index is 11.7. The molecule has 1 amide bonds. The summed E-state index contributed by atoms with van der Waals surface area (Å²) in [6.07, 6.45) is 1.36. The van der Waals surface area contributed by atoms with E-state index in [0.717, 1.165) is 23.0 Å². The van der Waals surface area contributed by atoms with E-state index in [-0.39, 0.29) is 5.91 Å². The molecule has 0 aliphatic heterocycles. The van der Waals surface area contributed by atoms with Gasteiger partial charge in [0.25, 0.3) is 0 Å². The Kier molecular flexibility index (Phi) is 6.85. The van der Waals surface area contributed by atoms with Crippen LogP contribution in [0.2, 0.25) is 0 Å². The molecular formula is C13H18INO3. The zero-order valence-corrected chi connectivity index (χ0v) is 12.8. The summed E-state index contributed by atoms with van der Waals surface area (Å²) in [7, 11) is 3.18. The molecule has 1 rings (SSSR count). The summed E-state index contributed by atoms with van der Waals surface area (Å²) in [4.78, 5) is 11.7. The predicted octanol–water partition coefficient (Wildman–Crippen LogP) is 2.19. The largest absolute Gasteiger partial charge is 0.493 e. The standard InChI is InChI=1S/C13H18INO3/c1-17-11-5-4-10(8-12(11)18-2)9-13(16)15-7-3-6-14/h4-5,8H,3,6-7,9H2,1-2H3,(H,15,16). The van der Waals surface area contributed by atoms with Crippen molar-refractivity contribution in [1.82, 2.24) is 5.32 Å². The maximum Gasteiger partial charge on any atom is 0.224 e. The molecule has 0 spiro atoms. The average molecular weight is 363 g/mol. The van der Waals surface area contributed by atoms with Gasteiger partial charge >= 0.3 is 0 Å². The van der Waals surface area contributed by atoms with Gasteiger partial charge in [-0.25, -0.2) is 0 Å². The highest BCUT2D eigenvalue weighted by atomic mass is 127. The minimum Gasteiger partial charge on any atom is -0.493 e. The van der Waals surface area contributed by atoms with Crippen LogP contribution < -0.4 is 14.8 Å². The van der Waals surface area contributed by atoms with Gasteiger partial charge in [0.1, 0.15) is 0 Å². The third kappa shape index (κ3) is 4.72. The molecule has 0 saturated heterocycles. The quantitative estimate of drug-likeness (QED) is 0.459. The summed E-state index contributed by atoms with van der Waals surface area (Å²) in [6.45, 7) is 0.731. The summed E-state index contributed by atoms with van der Waals surface area (Å²) in [6, 6.07) is 5.52. The number of halogens is 1. The first-order valence-corrected chi connectivity index (χ1v) is 7.27. The molecule has 0 fully saturated rings. The number of alkyl halides is 1. The van der Waals surface area contributed by atoms with Gasteiger partial charge in [-0.1, -0.05) is 28.7 Å². The maximum absolute atomic E-state index is 11.7. The molecule has 0 heterocycles. The van der Waals surface area contributed by atoms with E-state index in [0.29, 0.717) is 17.9 Å². The zero-order chi connectivity index (χ0) is 13.4. The topological polar surface area (TPSA) is 47.6 Å². The normalized spacial score (nSPS) is 9.94. The van der Waals surface area contributed by atoms with Crippen LogP contribution in [0.4, 0.5) is 0 Å². The van der Waals surface area contributed by atoms with Gasteiger partial charge in [0.2, 0.25) is 5.91 Å². The minimum atomic E-state index is 0.0343. The summed E-state index contributed by atoms with van der Waals surface area (Å²) < 4.78 is 11.4. The molecule has 1 aromatic carbocycles. The van der Waals surface area contributed by atoms with Gasteiger partial charge in [-0.05, 0) is 24.1 Å². The van der Waals surface area contributed by atoms with E-state index in [4.69, 9.17) is 9.47 Å². The van der Waals surface area contributed by atoms with E-state index in [9.17, 15) is 4.79 Å². The zero-order valence-electron chi connectivity index (χ0n) is 10.7. The lowest BCUT2D eigenvalue weighted by atomic mass is 10.1. The third-order valence-corrected chi connectivity index (χ3v) is 3.21. The number of amides is 1. The Balaban J connectivity index is 2.59. The molecule has 0 radical (unpaired) electrons. The van der Waals surface area contributed by atoms with Gasteiger partial charge < -0.3 is 14.8 Å². The molecule has 0 aliphatic rings. The number of benzene rings is 1. The molecule has 0 atom stereocenters. The summed E-state index contributed by atoms with van der Waals surface area (Å²) in [5.41, 5.74) is 0.916. The van der Waals surface area contributed by atoms with Crippen molar-refractivity contribution in [3.63, 3.8) is 0 Å². The van der Waals surface area contributed by atoms with Crippen LogP contribution in [-0.4, -0.2) is 31.1 Å². The fraction of sp³-hybridized carbons (Fsp3) is 0.462. The van der Waals surface area contributed by atoms with Crippen LogP contribution in [0.25, 0.3) is 0 Å². The SMILES string of the molecule is COc1ccc(CC(=O)NCCCI)cc1OC. The lowest BCUT2D eigenvalue weighted by molar-refractivity contribution is -0.120. The highest BCUT2D eigenvalue weighted by Crippen LogP contribution is 2.27. The van der Waals surface area contributed by atoms with Gasteiger partial charge in [0.05, 0.1) is 20.6 Å². The number of hydrogen-bond acceptors (Lipinski definition) is 3. The average Bonchev–Trinajstić information content (AvgIpc) is 2.39. The van der Waals surface area contributed by atoms with Gasteiger partial charge in [-0.15, -0.1) is 0 Å². The number of carbonyl (C=O) groups excluding carboxylic acids is 1. The Morgan fingerprint density at radius 3 is 2.61 bits per heavy atom. The first-order valence-electron chi connectivity index (χ1n) is 5.74. The van der Waals surface area contributed by atoms with Crippen LogP contribution in [0.1, 0.15) is 12.0 Å². The van der Waals surface area contributed by atoms with E-state index in [1.807, 2.05) is 18.2 Å². The smallest absolute Gasteiger partial charge is 0.224 e. The molecule has 1 N–H and O–H groups in total. The molecule has 0 aliphatic carbocycles. The Bertz CT molecular complexity index is 396. The molecule has 4 nitrogen and oxygen atoms in total. The van der Waals surface area contributed by atoms with Crippen molar-refractivity contribution in [3.05, 3.63) is 23.8 Å². The molecule has 18 heavy (non-hydrogen) atoms. The Morgan fingerprint density at radius 2 is 2.00 bits per heavy atom. The van der Waals surface area contributed by atoms with Crippen molar-refractivity contribution < 1.29 is 14.3 Å². The monoisotopic (exact) mass is 363 g/mol.